The lowest BCUT2D eigenvalue weighted by Gasteiger charge is -2.15. The predicted molar refractivity (Wildman–Crippen MR) is 94.2 cm³/mol. The van der Waals surface area contributed by atoms with Crippen LogP contribution in [0.4, 0.5) is 5.69 Å². The molecule has 0 unspecified atom stereocenters. The van der Waals surface area contributed by atoms with Crippen LogP contribution in [0.25, 0.3) is 0 Å². The van der Waals surface area contributed by atoms with Gasteiger partial charge in [0.2, 0.25) is 5.91 Å². The van der Waals surface area contributed by atoms with E-state index in [1.165, 1.54) is 18.2 Å². The largest absolute Gasteiger partial charge is 0.480 e. The van der Waals surface area contributed by atoms with Gasteiger partial charge in [-0.2, -0.15) is 0 Å². The number of carboxylic acids is 1. The van der Waals surface area contributed by atoms with Crippen LogP contribution in [0, 0.1) is 10.1 Å². The van der Waals surface area contributed by atoms with Gasteiger partial charge in [-0.05, 0) is 17.2 Å². The highest BCUT2D eigenvalue weighted by atomic mass is 79.9. The summed E-state index contributed by atoms with van der Waals surface area (Å²) >= 11 is 3.35. The number of nitrogens with one attached hydrogen (secondary N) is 1. The zero-order valence-corrected chi connectivity index (χ0v) is 14.6. The number of rotatable bonds is 7. The maximum atomic E-state index is 12.1. The molecule has 2 aromatic rings. The van der Waals surface area contributed by atoms with Crippen molar-refractivity contribution in [1.29, 1.82) is 0 Å². The molecule has 0 aliphatic heterocycles. The number of carboxylic acid groups (broad SMARTS) is 1. The zero-order valence-electron chi connectivity index (χ0n) is 13.0. The first kappa shape index (κ1) is 18.6. The predicted octanol–water partition coefficient (Wildman–Crippen LogP) is 2.71. The molecule has 2 rings (SSSR count). The Bertz CT molecular complexity index is 809. The summed E-state index contributed by atoms with van der Waals surface area (Å²) in [5.41, 5.74) is 1.08. The Kier molecular flexibility index (Phi) is 6.24. The molecule has 0 saturated carbocycles. The Labute approximate surface area is 152 Å². The summed E-state index contributed by atoms with van der Waals surface area (Å²) in [6.45, 7) is 0. The van der Waals surface area contributed by atoms with Crippen LogP contribution in [0.2, 0.25) is 0 Å². The van der Waals surface area contributed by atoms with Gasteiger partial charge in [0.1, 0.15) is 6.04 Å². The Morgan fingerprint density at radius 2 is 1.92 bits per heavy atom. The van der Waals surface area contributed by atoms with Crippen LogP contribution in [0.15, 0.2) is 53.0 Å². The summed E-state index contributed by atoms with van der Waals surface area (Å²) in [4.78, 5) is 33.8. The van der Waals surface area contributed by atoms with E-state index in [0.29, 0.717) is 5.56 Å². The highest BCUT2D eigenvalue weighted by Gasteiger charge is 2.21. The number of amides is 1. The third-order valence-electron chi connectivity index (χ3n) is 3.50. The fourth-order valence-corrected chi connectivity index (χ4v) is 2.74. The second-order valence-corrected chi connectivity index (χ2v) is 6.21. The van der Waals surface area contributed by atoms with Crippen molar-refractivity contribution < 1.29 is 19.6 Å². The molecule has 2 aromatic carbocycles. The maximum absolute atomic E-state index is 12.1. The van der Waals surface area contributed by atoms with Crippen molar-refractivity contribution in [2.75, 3.05) is 0 Å². The quantitative estimate of drug-likeness (QED) is 0.542. The van der Waals surface area contributed by atoms with E-state index in [4.69, 9.17) is 0 Å². The van der Waals surface area contributed by atoms with Crippen LogP contribution in [-0.4, -0.2) is 27.9 Å². The number of aliphatic carboxylic acids is 1. The molecule has 0 aromatic heterocycles. The molecule has 7 nitrogen and oxygen atoms in total. The summed E-state index contributed by atoms with van der Waals surface area (Å²) in [5.74, 6) is -1.66. The van der Waals surface area contributed by atoms with Crippen molar-refractivity contribution in [2.24, 2.45) is 0 Å². The van der Waals surface area contributed by atoms with E-state index in [2.05, 4.69) is 21.2 Å². The molecule has 2 N–H and O–H groups in total. The van der Waals surface area contributed by atoms with Crippen LogP contribution >= 0.6 is 15.9 Å². The number of benzene rings is 2. The minimum atomic E-state index is -1.15. The lowest BCUT2D eigenvalue weighted by Crippen LogP contribution is -2.43. The van der Waals surface area contributed by atoms with E-state index in [1.807, 2.05) is 6.07 Å². The molecule has 130 valence electrons. The molecule has 0 fully saturated rings. The molecule has 0 bridgehead atoms. The number of hydrogen-bond acceptors (Lipinski definition) is 4. The second-order valence-electron chi connectivity index (χ2n) is 5.36. The van der Waals surface area contributed by atoms with Gasteiger partial charge in [0.25, 0.3) is 5.69 Å². The summed E-state index contributed by atoms with van der Waals surface area (Å²) in [6, 6.07) is 11.7. The summed E-state index contributed by atoms with van der Waals surface area (Å²) < 4.78 is 0.759. The molecular weight excluding hydrogens is 392 g/mol. The van der Waals surface area contributed by atoms with Crippen molar-refractivity contribution in [2.45, 2.75) is 18.9 Å². The first-order valence-corrected chi connectivity index (χ1v) is 8.15. The third kappa shape index (κ3) is 5.39. The van der Waals surface area contributed by atoms with Crippen LogP contribution < -0.4 is 5.32 Å². The molecule has 0 aliphatic rings. The molecule has 0 radical (unpaired) electrons. The van der Waals surface area contributed by atoms with Gasteiger partial charge >= 0.3 is 5.97 Å². The van der Waals surface area contributed by atoms with Gasteiger partial charge in [-0.3, -0.25) is 14.9 Å². The third-order valence-corrected chi connectivity index (χ3v) is 4.27. The van der Waals surface area contributed by atoms with E-state index in [1.54, 1.807) is 24.3 Å². The lowest BCUT2D eigenvalue weighted by molar-refractivity contribution is -0.384. The number of non-ortho nitro benzene ring substituents is 1. The maximum Gasteiger partial charge on any atom is 0.326 e. The van der Waals surface area contributed by atoms with Gasteiger partial charge < -0.3 is 10.4 Å². The average molecular weight is 407 g/mol. The monoisotopic (exact) mass is 406 g/mol. The van der Waals surface area contributed by atoms with Crippen LogP contribution in [0.3, 0.4) is 0 Å². The second kappa shape index (κ2) is 8.39. The van der Waals surface area contributed by atoms with Gasteiger partial charge in [0.15, 0.2) is 0 Å². The van der Waals surface area contributed by atoms with E-state index in [9.17, 15) is 24.8 Å². The molecule has 1 atom stereocenters. The smallest absolute Gasteiger partial charge is 0.326 e. The van der Waals surface area contributed by atoms with Crippen LogP contribution in [-0.2, 0) is 22.4 Å². The fraction of sp³-hybridized carbons (Fsp3) is 0.176. The van der Waals surface area contributed by atoms with E-state index in [0.717, 1.165) is 10.0 Å². The van der Waals surface area contributed by atoms with Crippen molar-refractivity contribution in [3.63, 3.8) is 0 Å². The lowest BCUT2D eigenvalue weighted by atomic mass is 10.1. The minimum absolute atomic E-state index is 0.117. The molecule has 0 saturated heterocycles. The molecule has 25 heavy (non-hydrogen) atoms. The summed E-state index contributed by atoms with van der Waals surface area (Å²) in [5, 5.41) is 22.6. The molecule has 0 spiro atoms. The fourth-order valence-electron chi connectivity index (χ4n) is 2.29. The summed E-state index contributed by atoms with van der Waals surface area (Å²) in [6.07, 6.45) is -0.0150. The normalized spacial score (nSPS) is 11.6. The SMILES string of the molecule is O=C(Cc1cccc([N+](=O)[O-])c1)N[C@@H](Cc1ccccc1Br)C(=O)O. The standard InChI is InChI=1S/C17H15BrN2O5/c18-14-7-2-1-5-12(14)10-15(17(22)23)19-16(21)9-11-4-3-6-13(8-11)20(24)25/h1-8,15H,9-10H2,(H,19,21)(H,22,23)/t15-/m0/s1. The Balaban J connectivity index is 2.05. The Hall–Kier alpha value is -2.74. The highest BCUT2D eigenvalue weighted by molar-refractivity contribution is 9.10. The first-order valence-electron chi connectivity index (χ1n) is 7.35. The van der Waals surface area contributed by atoms with Gasteiger partial charge in [0, 0.05) is 23.0 Å². The van der Waals surface area contributed by atoms with Gasteiger partial charge in [-0.25, -0.2) is 4.79 Å². The number of nitrogens with zero attached hydrogens (tertiary/aromatic N) is 1. The van der Waals surface area contributed by atoms with E-state index in [-0.39, 0.29) is 18.5 Å². The van der Waals surface area contributed by atoms with Crippen molar-refractivity contribution in [3.05, 3.63) is 74.2 Å². The topological polar surface area (TPSA) is 110 Å². The number of nitro groups is 1. The molecule has 0 aliphatic carbocycles. The number of carbonyl (C=O) groups is 2. The molecular formula is C17H15BrN2O5. The summed E-state index contributed by atoms with van der Waals surface area (Å²) in [7, 11) is 0. The Morgan fingerprint density at radius 3 is 2.56 bits per heavy atom. The first-order chi connectivity index (χ1) is 11.9. The molecule has 1 amide bonds. The van der Waals surface area contributed by atoms with Crippen molar-refractivity contribution >= 4 is 33.5 Å². The molecule has 0 heterocycles. The van der Waals surface area contributed by atoms with E-state index < -0.39 is 22.8 Å². The van der Waals surface area contributed by atoms with Gasteiger partial charge in [0.05, 0.1) is 11.3 Å². The van der Waals surface area contributed by atoms with E-state index >= 15 is 0 Å². The van der Waals surface area contributed by atoms with Crippen LogP contribution in [0.1, 0.15) is 11.1 Å². The van der Waals surface area contributed by atoms with Crippen LogP contribution in [0.5, 0.6) is 0 Å². The highest BCUT2D eigenvalue weighted by Crippen LogP contribution is 2.18. The van der Waals surface area contributed by atoms with Crippen molar-refractivity contribution in [3.8, 4) is 0 Å². The number of halogens is 1. The van der Waals surface area contributed by atoms with Crippen molar-refractivity contribution in [1.82, 2.24) is 5.32 Å². The van der Waals surface area contributed by atoms with Gasteiger partial charge in [-0.15, -0.1) is 0 Å². The van der Waals surface area contributed by atoms with Gasteiger partial charge in [-0.1, -0.05) is 46.3 Å². The molecule has 8 heteroatoms. The number of nitro benzene ring substituents is 1. The number of carbonyl (C=O) groups excluding carboxylic acids is 1. The number of hydrogen-bond donors (Lipinski definition) is 2. The average Bonchev–Trinajstić information content (AvgIpc) is 2.56. The Morgan fingerprint density at radius 1 is 1.20 bits per heavy atom. The minimum Gasteiger partial charge on any atom is -0.480 e. The zero-order chi connectivity index (χ0) is 18.4.